The summed E-state index contributed by atoms with van der Waals surface area (Å²) in [6.07, 6.45) is 3.51. The highest BCUT2D eigenvalue weighted by Gasteiger charge is 2.14. The number of piperidine rings is 1. The Hall–Kier alpha value is -1.20. The number of carbonyl (C=O) groups is 1. The number of carbonyl (C=O) groups excluding carboxylic acids is 1. The fraction of sp³-hybridized carbons (Fsp3) is 0.533. The van der Waals surface area contributed by atoms with Crippen LogP contribution >= 0.6 is 12.4 Å². The van der Waals surface area contributed by atoms with E-state index in [1.807, 2.05) is 0 Å². The zero-order chi connectivity index (χ0) is 14.4. The van der Waals surface area contributed by atoms with Crippen LogP contribution in [0.2, 0.25) is 0 Å². The Kier molecular flexibility index (Phi) is 7.61. The fourth-order valence-corrected chi connectivity index (χ4v) is 2.47. The largest absolute Gasteiger partial charge is 0.352 e. The maximum absolute atomic E-state index is 13.4. The van der Waals surface area contributed by atoms with Gasteiger partial charge in [-0.05, 0) is 56.5 Å². The molecule has 1 fully saturated rings. The van der Waals surface area contributed by atoms with Crippen LogP contribution in [0.3, 0.4) is 0 Å². The third-order valence-electron chi connectivity index (χ3n) is 3.72. The van der Waals surface area contributed by atoms with Gasteiger partial charge in [-0.3, -0.25) is 4.79 Å². The first kappa shape index (κ1) is 17.9. The highest BCUT2D eigenvalue weighted by Crippen LogP contribution is 2.17. The molecule has 118 valence electrons. The molecule has 0 unspecified atom stereocenters. The zero-order valence-electron chi connectivity index (χ0n) is 11.8. The number of benzene rings is 1. The molecule has 1 saturated heterocycles. The minimum absolute atomic E-state index is 0. The smallest absolute Gasteiger partial charge is 0.220 e. The van der Waals surface area contributed by atoms with Crippen LogP contribution in [0.25, 0.3) is 0 Å². The molecule has 0 saturated carbocycles. The minimum Gasteiger partial charge on any atom is -0.352 e. The van der Waals surface area contributed by atoms with Crippen LogP contribution in [0.15, 0.2) is 18.2 Å². The lowest BCUT2D eigenvalue weighted by molar-refractivity contribution is -0.121. The molecule has 21 heavy (non-hydrogen) atoms. The van der Waals surface area contributed by atoms with Crippen LogP contribution < -0.4 is 10.6 Å². The molecule has 1 aliphatic rings. The van der Waals surface area contributed by atoms with Gasteiger partial charge in [-0.2, -0.15) is 0 Å². The van der Waals surface area contributed by atoms with Gasteiger partial charge in [0.25, 0.3) is 0 Å². The van der Waals surface area contributed by atoms with E-state index in [2.05, 4.69) is 10.6 Å². The van der Waals surface area contributed by atoms with Crippen molar-refractivity contribution in [2.75, 3.05) is 13.1 Å². The van der Waals surface area contributed by atoms with Gasteiger partial charge < -0.3 is 10.6 Å². The Morgan fingerprint density at radius 3 is 2.71 bits per heavy atom. The van der Waals surface area contributed by atoms with Gasteiger partial charge >= 0.3 is 0 Å². The summed E-state index contributed by atoms with van der Waals surface area (Å²) < 4.78 is 26.3. The summed E-state index contributed by atoms with van der Waals surface area (Å²) >= 11 is 0. The molecule has 1 aromatic rings. The summed E-state index contributed by atoms with van der Waals surface area (Å²) in [4.78, 5) is 11.7. The Labute approximate surface area is 129 Å². The predicted molar refractivity (Wildman–Crippen MR) is 80.3 cm³/mol. The molecule has 0 atom stereocenters. The number of amides is 1. The van der Waals surface area contributed by atoms with E-state index >= 15 is 0 Å². The summed E-state index contributed by atoms with van der Waals surface area (Å²) in [5, 5.41) is 5.93. The molecular formula is C15H21ClF2N2O. The molecule has 1 heterocycles. The second-order valence-corrected chi connectivity index (χ2v) is 5.24. The summed E-state index contributed by atoms with van der Waals surface area (Å²) in [7, 11) is 0. The molecular weight excluding hydrogens is 298 g/mol. The summed E-state index contributed by atoms with van der Waals surface area (Å²) in [5.74, 6) is -0.504. The third-order valence-corrected chi connectivity index (χ3v) is 3.72. The number of nitrogens with one attached hydrogen (secondary N) is 2. The van der Waals surface area contributed by atoms with Gasteiger partial charge in [-0.15, -0.1) is 12.4 Å². The number of hydrogen-bond acceptors (Lipinski definition) is 2. The Balaban J connectivity index is 0.00000220. The van der Waals surface area contributed by atoms with Crippen LogP contribution in [0, 0.1) is 17.6 Å². The van der Waals surface area contributed by atoms with Crippen LogP contribution in [0.1, 0.15) is 31.2 Å². The van der Waals surface area contributed by atoms with E-state index in [9.17, 15) is 13.6 Å². The topological polar surface area (TPSA) is 41.1 Å². The van der Waals surface area contributed by atoms with E-state index in [4.69, 9.17) is 0 Å². The van der Waals surface area contributed by atoms with Crippen molar-refractivity contribution in [2.45, 2.75) is 32.2 Å². The molecule has 1 aromatic carbocycles. The van der Waals surface area contributed by atoms with Gasteiger partial charge in [0.15, 0.2) is 0 Å². The molecule has 0 aliphatic carbocycles. The normalized spacial score (nSPS) is 15.3. The molecule has 2 N–H and O–H groups in total. The fourth-order valence-electron chi connectivity index (χ4n) is 2.47. The predicted octanol–water partition coefficient (Wildman–Crippen LogP) is 2.78. The first-order valence-electron chi connectivity index (χ1n) is 7.06. The SMILES string of the molecule is Cl.O=C(CCC1CCNCC1)NCc1cc(F)ccc1F. The van der Waals surface area contributed by atoms with Crippen molar-refractivity contribution in [3.63, 3.8) is 0 Å². The van der Waals surface area contributed by atoms with Crippen molar-refractivity contribution < 1.29 is 13.6 Å². The summed E-state index contributed by atoms with van der Waals surface area (Å²) in [6, 6.07) is 3.26. The Morgan fingerprint density at radius 1 is 1.29 bits per heavy atom. The van der Waals surface area contributed by atoms with Crippen molar-refractivity contribution in [3.8, 4) is 0 Å². The highest BCUT2D eigenvalue weighted by molar-refractivity contribution is 5.85. The lowest BCUT2D eigenvalue weighted by Crippen LogP contribution is -2.29. The van der Waals surface area contributed by atoms with Gasteiger partial charge in [0.1, 0.15) is 11.6 Å². The second-order valence-electron chi connectivity index (χ2n) is 5.24. The van der Waals surface area contributed by atoms with Crippen molar-refractivity contribution in [1.29, 1.82) is 0 Å². The van der Waals surface area contributed by atoms with Crippen molar-refractivity contribution >= 4 is 18.3 Å². The van der Waals surface area contributed by atoms with Crippen LogP contribution in [0.4, 0.5) is 8.78 Å². The molecule has 3 nitrogen and oxygen atoms in total. The van der Waals surface area contributed by atoms with E-state index in [1.54, 1.807) is 0 Å². The first-order valence-corrected chi connectivity index (χ1v) is 7.06. The lowest BCUT2D eigenvalue weighted by atomic mass is 9.93. The van der Waals surface area contributed by atoms with Crippen molar-refractivity contribution in [1.82, 2.24) is 10.6 Å². The molecule has 1 amide bonds. The molecule has 0 radical (unpaired) electrons. The first-order chi connectivity index (χ1) is 9.65. The quantitative estimate of drug-likeness (QED) is 0.876. The van der Waals surface area contributed by atoms with Crippen LogP contribution in [-0.2, 0) is 11.3 Å². The van der Waals surface area contributed by atoms with E-state index in [1.165, 1.54) is 0 Å². The maximum Gasteiger partial charge on any atom is 0.220 e. The maximum atomic E-state index is 13.4. The Morgan fingerprint density at radius 2 is 2.00 bits per heavy atom. The molecule has 6 heteroatoms. The lowest BCUT2D eigenvalue weighted by Gasteiger charge is -2.22. The molecule has 0 spiro atoms. The van der Waals surface area contributed by atoms with Gasteiger partial charge in [0, 0.05) is 18.5 Å². The van der Waals surface area contributed by atoms with Gasteiger partial charge in [0.2, 0.25) is 5.91 Å². The van der Waals surface area contributed by atoms with Crippen LogP contribution in [0.5, 0.6) is 0 Å². The molecule has 0 bridgehead atoms. The zero-order valence-corrected chi connectivity index (χ0v) is 12.6. The van der Waals surface area contributed by atoms with E-state index in [0.717, 1.165) is 50.6 Å². The standard InChI is InChI=1S/C15H20F2N2O.ClH/c16-13-2-3-14(17)12(9-13)10-19-15(20)4-1-11-5-7-18-8-6-11;/h2-3,9,11,18H,1,4-8,10H2,(H,19,20);1H. The number of hydrogen-bond donors (Lipinski definition) is 2. The van der Waals surface area contributed by atoms with Crippen molar-refractivity contribution in [2.24, 2.45) is 5.92 Å². The van der Waals surface area contributed by atoms with E-state index in [-0.39, 0.29) is 30.4 Å². The number of rotatable bonds is 5. The Bertz CT molecular complexity index is 465. The molecule has 1 aliphatic heterocycles. The summed E-state index contributed by atoms with van der Waals surface area (Å²) in [6.45, 7) is 2.07. The van der Waals surface area contributed by atoms with Gasteiger partial charge in [0.05, 0.1) is 0 Å². The summed E-state index contributed by atoms with van der Waals surface area (Å²) in [5.41, 5.74) is 0.181. The second kappa shape index (κ2) is 8.95. The minimum atomic E-state index is -0.495. The monoisotopic (exact) mass is 318 g/mol. The number of halogens is 3. The highest BCUT2D eigenvalue weighted by atomic mass is 35.5. The van der Waals surface area contributed by atoms with Crippen molar-refractivity contribution in [3.05, 3.63) is 35.4 Å². The van der Waals surface area contributed by atoms with Gasteiger partial charge in [-0.25, -0.2) is 8.78 Å². The third kappa shape index (κ3) is 5.98. The average Bonchev–Trinajstić information content (AvgIpc) is 2.47. The van der Waals surface area contributed by atoms with E-state index in [0.29, 0.717) is 12.3 Å². The molecule has 0 aromatic heterocycles. The van der Waals surface area contributed by atoms with E-state index < -0.39 is 11.6 Å². The molecule has 2 rings (SSSR count). The average molecular weight is 319 g/mol. The van der Waals surface area contributed by atoms with Gasteiger partial charge in [-0.1, -0.05) is 0 Å². The van der Waals surface area contributed by atoms with Crippen LogP contribution in [-0.4, -0.2) is 19.0 Å².